The molecule has 150 valence electrons. The van der Waals surface area contributed by atoms with Crippen LogP contribution in [0.15, 0.2) is 48.5 Å². The summed E-state index contributed by atoms with van der Waals surface area (Å²) in [6.07, 6.45) is 2.85. The predicted molar refractivity (Wildman–Crippen MR) is 113 cm³/mol. The highest BCUT2D eigenvalue weighted by Crippen LogP contribution is 2.25. The van der Waals surface area contributed by atoms with Gasteiger partial charge in [-0.05, 0) is 34.8 Å². The molecule has 3 rings (SSSR count). The van der Waals surface area contributed by atoms with Crippen molar-refractivity contribution in [3.63, 3.8) is 0 Å². The number of nitro benzene ring substituents is 2. The number of hydrogen-bond donors (Lipinski definition) is 0. The van der Waals surface area contributed by atoms with E-state index in [1.54, 1.807) is 12.1 Å². The molecule has 31 heavy (non-hydrogen) atoms. The van der Waals surface area contributed by atoms with E-state index in [2.05, 4.69) is 9.36 Å². The van der Waals surface area contributed by atoms with E-state index >= 15 is 0 Å². The van der Waals surface area contributed by atoms with E-state index in [1.165, 1.54) is 48.6 Å². The Labute approximate surface area is 179 Å². The molecule has 1 heterocycles. The fourth-order valence-corrected chi connectivity index (χ4v) is 3.16. The molecule has 0 atom stereocenters. The molecule has 0 N–H and O–H groups in total. The van der Waals surface area contributed by atoms with Crippen LogP contribution in [0, 0.1) is 42.9 Å². The Morgan fingerprint density at radius 2 is 1.42 bits per heavy atom. The fourth-order valence-electron chi connectivity index (χ4n) is 2.52. The first kappa shape index (κ1) is 21.0. The first-order valence-electron chi connectivity index (χ1n) is 8.48. The number of hydrogen-bond acceptors (Lipinski definition) is 9. The van der Waals surface area contributed by atoms with Crippen LogP contribution >= 0.6 is 11.5 Å². The van der Waals surface area contributed by atoms with E-state index < -0.39 is 9.85 Å². The summed E-state index contributed by atoms with van der Waals surface area (Å²) in [5.74, 6) is 0.0641. The highest BCUT2D eigenvalue weighted by Gasteiger charge is 2.14. The van der Waals surface area contributed by atoms with Gasteiger partial charge in [-0.1, -0.05) is 24.3 Å². The van der Waals surface area contributed by atoms with Crippen molar-refractivity contribution in [3.8, 4) is 12.1 Å². The fraction of sp³-hybridized carbons (Fsp3) is 0. The van der Waals surface area contributed by atoms with Crippen molar-refractivity contribution in [2.45, 2.75) is 0 Å². The van der Waals surface area contributed by atoms with Crippen molar-refractivity contribution in [1.82, 2.24) is 9.36 Å². The molecule has 10 nitrogen and oxygen atoms in total. The van der Waals surface area contributed by atoms with Crippen LogP contribution in [0.4, 0.5) is 11.4 Å². The molecule has 0 saturated carbocycles. The molecule has 0 aliphatic heterocycles. The lowest BCUT2D eigenvalue weighted by molar-refractivity contribution is -0.385. The van der Waals surface area contributed by atoms with E-state index in [-0.39, 0.29) is 33.4 Å². The van der Waals surface area contributed by atoms with Crippen molar-refractivity contribution < 1.29 is 9.85 Å². The first-order chi connectivity index (χ1) is 14.9. The smallest absolute Gasteiger partial charge is 0.258 e. The Balaban J connectivity index is 1.95. The van der Waals surface area contributed by atoms with Gasteiger partial charge in [0.15, 0.2) is 10.8 Å². The minimum Gasteiger partial charge on any atom is -0.258 e. The topological polar surface area (TPSA) is 160 Å². The van der Waals surface area contributed by atoms with E-state index in [4.69, 9.17) is 0 Å². The summed E-state index contributed by atoms with van der Waals surface area (Å²) >= 11 is 0.888. The number of nitro groups is 2. The molecule has 11 heteroatoms. The minimum atomic E-state index is -0.541. The summed E-state index contributed by atoms with van der Waals surface area (Å²) in [5, 5.41) is 41.0. The molecule has 0 fully saturated rings. The lowest BCUT2D eigenvalue weighted by atomic mass is 10.1. The van der Waals surface area contributed by atoms with Crippen molar-refractivity contribution in [2.24, 2.45) is 0 Å². The zero-order chi connectivity index (χ0) is 22.4. The molecule has 2 aromatic carbocycles. The van der Waals surface area contributed by atoms with Crippen LogP contribution in [0.3, 0.4) is 0 Å². The van der Waals surface area contributed by atoms with E-state index in [0.717, 1.165) is 11.5 Å². The van der Waals surface area contributed by atoms with Gasteiger partial charge in [0.1, 0.15) is 12.1 Å². The number of rotatable bonds is 6. The molecule has 3 aromatic rings. The molecule has 0 spiro atoms. The largest absolute Gasteiger partial charge is 0.270 e. The summed E-state index contributed by atoms with van der Waals surface area (Å²) < 4.78 is 4.10. The summed E-state index contributed by atoms with van der Waals surface area (Å²) in [5.41, 5.74) is 0.817. The van der Waals surface area contributed by atoms with Crippen LogP contribution < -0.4 is 0 Å². The Morgan fingerprint density at radius 3 is 1.90 bits per heavy atom. The molecular weight excluding hydrogens is 420 g/mol. The highest BCUT2D eigenvalue weighted by molar-refractivity contribution is 7.06. The molecule has 0 amide bonds. The lowest BCUT2D eigenvalue weighted by Crippen LogP contribution is -1.90. The number of nitriles is 2. The maximum Gasteiger partial charge on any atom is 0.270 e. The second-order valence-corrected chi connectivity index (χ2v) is 6.72. The molecule has 1 aromatic heterocycles. The van der Waals surface area contributed by atoms with Crippen LogP contribution in [0.5, 0.6) is 0 Å². The number of allylic oxidation sites excluding steroid dienone is 2. The maximum absolute atomic E-state index is 10.9. The van der Waals surface area contributed by atoms with Gasteiger partial charge in [-0.2, -0.15) is 14.9 Å². The maximum atomic E-state index is 10.9. The quantitative estimate of drug-likeness (QED) is 0.314. The normalized spacial score (nSPS) is 11.4. The van der Waals surface area contributed by atoms with Crippen LogP contribution in [-0.2, 0) is 0 Å². The van der Waals surface area contributed by atoms with Gasteiger partial charge in [-0.15, -0.1) is 0 Å². The predicted octanol–water partition coefficient (Wildman–Crippen LogP) is 4.48. The third kappa shape index (κ3) is 5.00. The molecule has 0 saturated heterocycles. The second-order valence-electron chi connectivity index (χ2n) is 5.97. The molecule has 0 bridgehead atoms. The summed E-state index contributed by atoms with van der Waals surface area (Å²) in [4.78, 5) is 25.0. The SMILES string of the molecule is N#C/C(=C\c1cccc([N+](=O)[O-])c1)c1nsc(/C(C#N)=C/c2cccc([N+](=O)[O-])c2)n1. The molecule has 0 unspecified atom stereocenters. The van der Waals surface area contributed by atoms with Gasteiger partial charge < -0.3 is 0 Å². The summed E-state index contributed by atoms with van der Waals surface area (Å²) in [6, 6.07) is 15.4. The number of nitrogens with zero attached hydrogens (tertiary/aromatic N) is 6. The van der Waals surface area contributed by atoms with Gasteiger partial charge in [0.05, 0.1) is 21.0 Å². The Kier molecular flexibility index (Phi) is 6.21. The Morgan fingerprint density at radius 1 is 0.903 bits per heavy atom. The number of aromatic nitrogens is 2. The van der Waals surface area contributed by atoms with E-state index in [1.807, 2.05) is 12.1 Å². The van der Waals surface area contributed by atoms with Crippen molar-refractivity contribution in [1.29, 1.82) is 10.5 Å². The number of benzene rings is 2. The molecule has 0 aliphatic carbocycles. The standard InChI is InChI=1S/C20H10N6O4S/c21-11-15(7-13-3-1-5-17(9-13)25(27)28)19-23-20(31-24-19)16(12-22)8-14-4-2-6-18(10-14)26(29)30/h1-10H/b15-7+,16-8+. The van der Waals surface area contributed by atoms with Crippen LogP contribution in [0.1, 0.15) is 22.0 Å². The first-order valence-corrected chi connectivity index (χ1v) is 9.25. The summed E-state index contributed by atoms with van der Waals surface area (Å²) in [6.45, 7) is 0. The number of non-ortho nitro benzene ring substituents is 2. The average Bonchev–Trinajstić information content (AvgIpc) is 3.26. The molecule has 0 aliphatic rings. The Hall–Kier alpha value is -4.74. The summed E-state index contributed by atoms with van der Waals surface area (Å²) in [7, 11) is 0. The van der Waals surface area contributed by atoms with E-state index in [9.17, 15) is 30.8 Å². The van der Waals surface area contributed by atoms with Gasteiger partial charge >= 0.3 is 0 Å². The monoisotopic (exact) mass is 430 g/mol. The zero-order valence-electron chi connectivity index (χ0n) is 15.5. The average molecular weight is 430 g/mol. The molecule has 0 radical (unpaired) electrons. The minimum absolute atomic E-state index is 0.0641. The second kappa shape index (κ2) is 9.17. The van der Waals surface area contributed by atoms with Crippen molar-refractivity contribution in [2.75, 3.05) is 0 Å². The van der Waals surface area contributed by atoms with Crippen LogP contribution in [-0.4, -0.2) is 19.2 Å². The third-order valence-corrected chi connectivity index (χ3v) is 4.67. The van der Waals surface area contributed by atoms with Gasteiger partial charge in [-0.3, -0.25) is 20.2 Å². The van der Waals surface area contributed by atoms with Crippen molar-refractivity contribution >= 4 is 46.2 Å². The molecular formula is C20H10N6O4S. The zero-order valence-corrected chi connectivity index (χ0v) is 16.3. The highest BCUT2D eigenvalue weighted by atomic mass is 32.1. The van der Waals surface area contributed by atoms with Crippen LogP contribution in [0.2, 0.25) is 0 Å². The van der Waals surface area contributed by atoms with Crippen molar-refractivity contribution in [3.05, 3.63) is 90.7 Å². The van der Waals surface area contributed by atoms with E-state index in [0.29, 0.717) is 11.1 Å². The van der Waals surface area contributed by atoms with Crippen LogP contribution in [0.25, 0.3) is 23.3 Å². The van der Waals surface area contributed by atoms with Gasteiger partial charge in [0.2, 0.25) is 0 Å². The third-order valence-electron chi connectivity index (χ3n) is 3.92. The Bertz CT molecular complexity index is 1230. The van der Waals surface area contributed by atoms with Gasteiger partial charge in [-0.25, -0.2) is 4.98 Å². The van der Waals surface area contributed by atoms with Gasteiger partial charge in [0.25, 0.3) is 11.4 Å². The lowest BCUT2D eigenvalue weighted by Gasteiger charge is -1.97. The van der Waals surface area contributed by atoms with Gasteiger partial charge in [0, 0.05) is 24.3 Å².